The molecule has 0 bridgehead atoms. The summed E-state index contributed by atoms with van der Waals surface area (Å²) in [6, 6.07) is 11.2. The van der Waals surface area contributed by atoms with Crippen LogP contribution in [0.3, 0.4) is 0 Å². The number of hydrogen-bond acceptors (Lipinski definition) is 1. The highest BCUT2D eigenvalue weighted by Crippen LogP contribution is 2.32. The maximum atomic E-state index is 4.04. The van der Waals surface area contributed by atoms with Crippen molar-refractivity contribution in [2.75, 3.05) is 6.54 Å². The zero-order valence-electron chi connectivity index (χ0n) is 10.7. The molecular weight excluding hydrogens is 206 g/mol. The Kier molecular flexibility index (Phi) is 3.80. The third-order valence-corrected chi connectivity index (χ3v) is 3.42. The minimum Gasteiger partial charge on any atom is -0.309 e. The van der Waals surface area contributed by atoms with Gasteiger partial charge in [-0.2, -0.15) is 0 Å². The first-order valence-electron chi connectivity index (χ1n) is 6.28. The molecule has 0 aromatic heterocycles. The van der Waals surface area contributed by atoms with Gasteiger partial charge in [-0.05, 0) is 25.8 Å². The van der Waals surface area contributed by atoms with E-state index in [2.05, 4.69) is 62.2 Å². The highest BCUT2D eigenvalue weighted by molar-refractivity contribution is 5.32. The predicted octanol–water partition coefficient (Wildman–Crippen LogP) is 3.65. The van der Waals surface area contributed by atoms with E-state index < -0.39 is 0 Å². The summed E-state index contributed by atoms with van der Waals surface area (Å²) >= 11 is 0. The molecule has 1 aliphatic rings. The molecule has 0 spiro atoms. The van der Waals surface area contributed by atoms with Gasteiger partial charge in [-0.15, -0.1) is 6.58 Å². The molecule has 1 N–H and O–H groups in total. The van der Waals surface area contributed by atoms with E-state index in [0.29, 0.717) is 12.0 Å². The second kappa shape index (κ2) is 5.33. The lowest BCUT2D eigenvalue weighted by molar-refractivity contribution is 0.458. The van der Waals surface area contributed by atoms with Crippen LogP contribution in [-0.4, -0.2) is 12.6 Å². The minimum atomic E-state index is 0.486. The van der Waals surface area contributed by atoms with Crippen molar-refractivity contribution in [1.82, 2.24) is 5.32 Å². The molecule has 0 fully saturated rings. The normalized spacial score (nSPS) is 24.2. The molecule has 2 atom stereocenters. The first-order valence-corrected chi connectivity index (χ1v) is 6.28. The summed E-state index contributed by atoms with van der Waals surface area (Å²) < 4.78 is 0. The van der Waals surface area contributed by atoms with E-state index in [1.807, 2.05) is 0 Å². The average Bonchev–Trinajstić information content (AvgIpc) is 2.29. The van der Waals surface area contributed by atoms with E-state index in [-0.39, 0.29) is 0 Å². The van der Waals surface area contributed by atoms with Gasteiger partial charge in [0.2, 0.25) is 0 Å². The molecule has 1 aromatic rings. The molecule has 1 aromatic carbocycles. The zero-order chi connectivity index (χ0) is 12.3. The van der Waals surface area contributed by atoms with Crippen LogP contribution >= 0.6 is 0 Å². The maximum Gasteiger partial charge on any atom is 0.0213 e. The molecule has 0 amide bonds. The number of nitrogens with one attached hydrogen (secondary N) is 1. The van der Waals surface area contributed by atoms with Crippen LogP contribution in [0.1, 0.15) is 31.7 Å². The molecule has 1 heterocycles. The van der Waals surface area contributed by atoms with Gasteiger partial charge in [-0.3, -0.25) is 0 Å². The fourth-order valence-corrected chi connectivity index (χ4v) is 2.65. The lowest BCUT2D eigenvalue weighted by atomic mass is 9.81. The first-order chi connectivity index (χ1) is 8.18. The van der Waals surface area contributed by atoms with Gasteiger partial charge in [0.25, 0.3) is 0 Å². The van der Waals surface area contributed by atoms with Gasteiger partial charge in [0, 0.05) is 18.5 Å². The van der Waals surface area contributed by atoms with Crippen LogP contribution in [0.15, 0.2) is 54.1 Å². The molecule has 1 nitrogen and oxygen atoms in total. The van der Waals surface area contributed by atoms with Crippen LogP contribution < -0.4 is 5.32 Å². The second-order valence-electron chi connectivity index (χ2n) is 5.01. The summed E-state index contributed by atoms with van der Waals surface area (Å²) in [6.07, 6.45) is 3.34. The Hall–Kier alpha value is -1.34. The molecule has 1 unspecified atom stereocenters. The smallest absolute Gasteiger partial charge is 0.0213 e. The lowest BCUT2D eigenvalue weighted by Gasteiger charge is -2.33. The molecule has 90 valence electrons. The van der Waals surface area contributed by atoms with E-state index in [1.165, 1.54) is 16.7 Å². The molecule has 2 rings (SSSR count). The van der Waals surface area contributed by atoms with Crippen molar-refractivity contribution >= 4 is 0 Å². The van der Waals surface area contributed by atoms with Gasteiger partial charge in [0.05, 0.1) is 0 Å². The van der Waals surface area contributed by atoms with E-state index >= 15 is 0 Å². The Balaban J connectivity index is 2.28. The molecule has 0 saturated heterocycles. The van der Waals surface area contributed by atoms with Gasteiger partial charge in [-0.25, -0.2) is 0 Å². The highest BCUT2D eigenvalue weighted by atomic mass is 14.9. The molecule has 17 heavy (non-hydrogen) atoms. The van der Waals surface area contributed by atoms with Crippen LogP contribution in [-0.2, 0) is 0 Å². The van der Waals surface area contributed by atoms with Gasteiger partial charge in [0.1, 0.15) is 0 Å². The van der Waals surface area contributed by atoms with Crippen molar-refractivity contribution in [3.8, 4) is 0 Å². The van der Waals surface area contributed by atoms with Crippen molar-refractivity contribution in [3.05, 3.63) is 59.7 Å². The molecule has 1 heteroatoms. The minimum absolute atomic E-state index is 0.486. The van der Waals surface area contributed by atoms with Crippen LogP contribution in [0.4, 0.5) is 0 Å². The van der Waals surface area contributed by atoms with Gasteiger partial charge >= 0.3 is 0 Å². The summed E-state index contributed by atoms with van der Waals surface area (Å²) in [6.45, 7) is 9.37. The second-order valence-corrected chi connectivity index (χ2v) is 5.01. The fourth-order valence-electron chi connectivity index (χ4n) is 2.65. The third kappa shape index (κ3) is 2.86. The van der Waals surface area contributed by atoms with Gasteiger partial charge < -0.3 is 5.32 Å². The van der Waals surface area contributed by atoms with Crippen molar-refractivity contribution in [2.24, 2.45) is 0 Å². The topological polar surface area (TPSA) is 12.0 Å². The van der Waals surface area contributed by atoms with E-state index in [0.717, 1.165) is 13.0 Å². The van der Waals surface area contributed by atoms with E-state index in [9.17, 15) is 0 Å². The molecule has 1 aliphatic heterocycles. The van der Waals surface area contributed by atoms with Crippen LogP contribution in [0, 0.1) is 0 Å². The van der Waals surface area contributed by atoms with Gasteiger partial charge in [-0.1, -0.05) is 47.6 Å². The van der Waals surface area contributed by atoms with Crippen molar-refractivity contribution in [1.29, 1.82) is 0 Å². The summed E-state index contributed by atoms with van der Waals surface area (Å²) in [5.74, 6) is 0.488. The molecule has 0 aliphatic carbocycles. The molecular formula is C16H21N. The lowest BCUT2D eigenvalue weighted by Crippen LogP contribution is -2.39. The first kappa shape index (κ1) is 12.1. The monoisotopic (exact) mass is 227 g/mol. The fraction of sp³-hybridized carbons (Fsp3) is 0.375. The van der Waals surface area contributed by atoms with Crippen molar-refractivity contribution in [3.63, 3.8) is 0 Å². The Bertz CT molecular complexity index is 416. The Morgan fingerprint density at radius 3 is 2.71 bits per heavy atom. The van der Waals surface area contributed by atoms with Crippen LogP contribution in [0.5, 0.6) is 0 Å². The summed E-state index contributed by atoms with van der Waals surface area (Å²) in [7, 11) is 0. The quantitative estimate of drug-likeness (QED) is 0.777. The average molecular weight is 227 g/mol. The number of hydrogen-bond donors (Lipinski definition) is 1. The van der Waals surface area contributed by atoms with Crippen molar-refractivity contribution < 1.29 is 0 Å². The van der Waals surface area contributed by atoms with E-state index in [4.69, 9.17) is 0 Å². The summed E-state index contributed by atoms with van der Waals surface area (Å²) in [5, 5.41) is 3.59. The summed E-state index contributed by atoms with van der Waals surface area (Å²) in [4.78, 5) is 0. The Morgan fingerprint density at radius 2 is 2.06 bits per heavy atom. The van der Waals surface area contributed by atoms with Crippen molar-refractivity contribution in [2.45, 2.75) is 32.2 Å². The SMILES string of the molecule is C=C(C)C[C@@H]1NCC=C(C)C1c1ccccc1. The summed E-state index contributed by atoms with van der Waals surface area (Å²) in [5.41, 5.74) is 4.12. The largest absolute Gasteiger partial charge is 0.309 e. The molecule has 0 saturated carbocycles. The number of rotatable bonds is 3. The predicted molar refractivity (Wildman–Crippen MR) is 74.2 cm³/mol. The van der Waals surface area contributed by atoms with Crippen LogP contribution in [0.2, 0.25) is 0 Å². The Labute approximate surface area is 104 Å². The van der Waals surface area contributed by atoms with Crippen LogP contribution in [0.25, 0.3) is 0 Å². The van der Waals surface area contributed by atoms with Gasteiger partial charge in [0.15, 0.2) is 0 Å². The molecule has 0 radical (unpaired) electrons. The number of benzene rings is 1. The van der Waals surface area contributed by atoms with E-state index in [1.54, 1.807) is 0 Å². The third-order valence-electron chi connectivity index (χ3n) is 3.42. The Morgan fingerprint density at radius 1 is 1.35 bits per heavy atom. The maximum absolute atomic E-state index is 4.04. The zero-order valence-corrected chi connectivity index (χ0v) is 10.7. The highest BCUT2D eigenvalue weighted by Gasteiger charge is 2.26. The standard InChI is InChI=1S/C16H21N/c1-12(2)11-15-16(13(3)9-10-17-15)14-7-5-4-6-8-14/h4-9,15-17H,1,10-11H2,2-3H3/t15-,16?/m0/s1.